The topological polar surface area (TPSA) is 104 Å². The number of aromatic amines is 1. The Morgan fingerprint density at radius 1 is 1.11 bits per heavy atom. The van der Waals surface area contributed by atoms with Gasteiger partial charge in [0.1, 0.15) is 17.4 Å². The third-order valence-corrected chi connectivity index (χ3v) is 6.28. The number of benzene rings is 2. The molecule has 0 aliphatic carbocycles. The number of nitrogens with one attached hydrogen (secondary N) is 1. The Morgan fingerprint density at radius 2 is 1.89 bits per heavy atom. The Balaban J connectivity index is 1.61. The summed E-state index contributed by atoms with van der Waals surface area (Å²) in [6.45, 7) is 6.14. The minimum atomic E-state index is -0.765. The Bertz CT molecular complexity index is 1590. The smallest absolute Gasteiger partial charge is 0.335 e. The third-order valence-electron chi connectivity index (χ3n) is 6.02. The van der Waals surface area contributed by atoms with Crippen molar-refractivity contribution in [1.29, 1.82) is 0 Å². The van der Waals surface area contributed by atoms with Crippen molar-refractivity contribution in [2.75, 3.05) is 6.61 Å². The number of aryl methyl sites for hydroxylation is 1. The molecule has 1 fully saturated rings. The van der Waals surface area contributed by atoms with E-state index in [2.05, 4.69) is 9.98 Å². The van der Waals surface area contributed by atoms with Gasteiger partial charge in [0.15, 0.2) is 5.79 Å². The maximum Gasteiger partial charge on any atom is 0.335 e. The second-order valence-electron chi connectivity index (χ2n) is 9.21. The normalized spacial score (nSPS) is 17.8. The number of halogens is 1. The van der Waals surface area contributed by atoms with Crippen LogP contribution < -0.4 is 17.0 Å². The van der Waals surface area contributed by atoms with Crippen molar-refractivity contribution in [1.82, 2.24) is 14.1 Å². The number of fused-ring (bicyclic) bond motifs is 1. The highest BCUT2D eigenvalue weighted by Crippen LogP contribution is 2.25. The van der Waals surface area contributed by atoms with Crippen molar-refractivity contribution >= 4 is 28.3 Å². The molecule has 0 saturated carbocycles. The molecule has 0 bridgehead atoms. The Morgan fingerprint density at radius 3 is 2.58 bits per heavy atom. The third kappa shape index (κ3) is 5.09. The highest BCUT2D eigenvalue weighted by Gasteiger charge is 2.33. The highest BCUT2D eigenvalue weighted by molar-refractivity contribution is 6.30. The summed E-state index contributed by atoms with van der Waals surface area (Å²) in [4.78, 5) is 34.0. The Kier molecular flexibility index (Phi) is 6.46. The molecule has 188 valence electrons. The van der Waals surface area contributed by atoms with E-state index in [0.717, 1.165) is 33.3 Å². The fourth-order valence-electron chi connectivity index (χ4n) is 4.23. The van der Waals surface area contributed by atoms with Gasteiger partial charge in [0.2, 0.25) is 5.62 Å². The predicted molar refractivity (Wildman–Crippen MR) is 136 cm³/mol. The van der Waals surface area contributed by atoms with Crippen molar-refractivity contribution in [3.8, 4) is 0 Å². The van der Waals surface area contributed by atoms with Gasteiger partial charge in [-0.15, -0.1) is 0 Å². The van der Waals surface area contributed by atoms with Gasteiger partial charge in [-0.3, -0.25) is 9.55 Å². The van der Waals surface area contributed by atoms with Crippen LogP contribution in [0, 0.1) is 0 Å². The van der Waals surface area contributed by atoms with Crippen molar-refractivity contribution in [3.63, 3.8) is 0 Å². The summed E-state index contributed by atoms with van der Waals surface area (Å²) >= 11 is 6.04. The summed E-state index contributed by atoms with van der Waals surface area (Å²) in [5.41, 5.74) is 1.23. The van der Waals surface area contributed by atoms with Gasteiger partial charge >= 0.3 is 11.4 Å². The summed E-state index contributed by atoms with van der Waals surface area (Å²) in [5, 5.41) is 1.49. The van der Waals surface area contributed by atoms with Crippen LogP contribution in [0.4, 0.5) is 5.69 Å². The van der Waals surface area contributed by atoms with Gasteiger partial charge < -0.3 is 13.9 Å². The lowest BCUT2D eigenvalue weighted by molar-refractivity contribution is -0.139. The first-order chi connectivity index (χ1) is 17.2. The molecule has 0 unspecified atom stereocenters. The van der Waals surface area contributed by atoms with E-state index in [1.807, 2.05) is 37.3 Å². The molecule has 1 aliphatic rings. The van der Waals surface area contributed by atoms with Gasteiger partial charge in [-0.2, -0.15) is 0 Å². The molecule has 0 spiro atoms. The first-order valence-corrected chi connectivity index (χ1v) is 12.2. The number of furan rings is 1. The quantitative estimate of drug-likeness (QED) is 0.425. The molecule has 36 heavy (non-hydrogen) atoms. The number of hydrogen-bond acceptors (Lipinski definition) is 6. The predicted octanol–water partition coefficient (Wildman–Crippen LogP) is 3.73. The average Bonchev–Trinajstić information content (AvgIpc) is 3.42. The molecule has 1 N–H and O–H groups in total. The fourth-order valence-corrected chi connectivity index (χ4v) is 4.35. The molecule has 1 atom stereocenters. The van der Waals surface area contributed by atoms with Gasteiger partial charge in [0.05, 0.1) is 25.4 Å². The first kappa shape index (κ1) is 24.3. The fraction of sp³-hybridized carbons (Fsp3) is 0.346. The lowest BCUT2D eigenvalue weighted by atomic mass is 10.2. The zero-order valence-corrected chi connectivity index (χ0v) is 21.0. The lowest BCUT2D eigenvalue weighted by Crippen LogP contribution is -2.51. The van der Waals surface area contributed by atoms with E-state index in [9.17, 15) is 9.59 Å². The molecule has 1 saturated heterocycles. The average molecular weight is 511 g/mol. The van der Waals surface area contributed by atoms with Gasteiger partial charge in [0, 0.05) is 16.8 Å². The largest absolute Gasteiger partial charge is 0.461 e. The highest BCUT2D eigenvalue weighted by atomic mass is 35.5. The SMILES string of the molecule is CCc1cc2cc(/N=c3\[nH]c(=O)n(C[C@H]4COC(C)(C)O4)c(=O)n3Cc3ccc(Cl)cc3)ccc2o1. The van der Waals surface area contributed by atoms with E-state index in [1.165, 1.54) is 4.57 Å². The van der Waals surface area contributed by atoms with Crippen LogP contribution in [0.1, 0.15) is 32.1 Å². The lowest BCUT2D eigenvalue weighted by Gasteiger charge is -2.17. The second-order valence-corrected chi connectivity index (χ2v) is 9.65. The zero-order chi connectivity index (χ0) is 25.4. The van der Waals surface area contributed by atoms with Crippen LogP contribution in [0.3, 0.4) is 0 Å². The van der Waals surface area contributed by atoms with Gasteiger partial charge in [-0.1, -0.05) is 30.7 Å². The molecular formula is C26H27ClN4O5. The van der Waals surface area contributed by atoms with Crippen molar-refractivity contribution < 1.29 is 13.9 Å². The molecular weight excluding hydrogens is 484 g/mol. The summed E-state index contributed by atoms with van der Waals surface area (Å²) in [7, 11) is 0. The van der Waals surface area contributed by atoms with Gasteiger partial charge in [-0.05, 0) is 55.8 Å². The van der Waals surface area contributed by atoms with E-state index >= 15 is 0 Å². The zero-order valence-electron chi connectivity index (χ0n) is 20.3. The molecule has 5 rings (SSSR count). The number of nitrogens with zero attached hydrogens (tertiary/aromatic N) is 3. The van der Waals surface area contributed by atoms with E-state index < -0.39 is 23.3 Å². The molecule has 2 aromatic carbocycles. The van der Waals surface area contributed by atoms with Crippen LogP contribution in [0.5, 0.6) is 0 Å². The van der Waals surface area contributed by atoms with Crippen LogP contribution in [0.2, 0.25) is 5.02 Å². The minimum absolute atomic E-state index is 0.0548. The number of hydrogen-bond donors (Lipinski definition) is 1. The summed E-state index contributed by atoms with van der Waals surface area (Å²) < 4.78 is 19.7. The van der Waals surface area contributed by atoms with Crippen LogP contribution >= 0.6 is 11.6 Å². The van der Waals surface area contributed by atoms with Crippen LogP contribution in [-0.4, -0.2) is 32.6 Å². The van der Waals surface area contributed by atoms with Crippen LogP contribution in [-0.2, 0) is 29.0 Å². The van der Waals surface area contributed by atoms with E-state index in [1.54, 1.807) is 32.0 Å². The summed E-state index contributed by atoms with van der Waals surface area (Å²) in [6, 6.07) is 14.6. The molecule has 3 heterocycles. The van der Waals surface area contributed by atoms with E-state index in [-0.39, 0.29) is 25.3 Å². The Hall–Kier alpha value is -3.40. The van der Waals surface area contributed by atoms with E-state index in [0.29, 0.717) is 10.7 Å². The summed E-state index contributed by atoms with van der Waals surface area (Å²) in [6.07, 6.45) is 0.350. The molecule has 2 aromatic heterocycles. The van der Waals surface area contributed by atoms with E-state index in [4.69, 9.17) is 25.5 Å². The number of ether oxygens (including phenoxy) is 2. The van der Waals surface area contributed by atoms with Crippen LogP contribution in [0.25, 0.3) is 11.0 Å². The maximum absolute atomic E-state index is 13.6. The number of H-pyrrole nitrogens is 1. The molecule has 0 amide bonds. The first-order valence-electron chi connectivity index (χ1n) is 11.8. The van der Waals surface area contributed by atoms with Crippen molar-refractivity contribution in [3.05, 3.63) is 91.5 Å². The van der Waals surface area contributed by atoms with Crippen LogP contribution in [0.15, 0.2) is 67.5 Å². The minimum Gasteiger partial charge on any atom is -0.461 e. The van der Waals surface area contributed by atoms with Gasteiger partial charge in [0.25, 0.3) is 0 Å². The molecule has 9 nitrogen and oxygen atoms in total. The Labute approximate surface area is 211 Å². The van der Waals surface area contributed by atoms with Crippen molar-refractivity contribution in [2.24, 2.45) is 4.99 Å². The molecule has 1 aliphatic heterocycles. The van der Waals surface area contributed by atoms with Crippen molar-refractivity contribution in [2.45, 2.75) is 52.2 Å². The number of rotatable bonds is 6. The second kappa shape index (κ2) is 9.57. The molecule has 0 radical (unpaired) electrons. The molecule has 10 heteroatoms. The monoisotopic (exact) mass is 510 g/mol. The standard InChI is InChI=1S/C26H27ClN4O5/c1-4-20-12-17-11-19(9-10-22(17)35-20)28-23-29-24(32)31(14-21-15-34-26(2,3)36-21)25(33)30(23)13-16-5-7-18(27)8-6-16/h5-12,21H,4,13-15H2,1-3H3,(H,28,29,32)/t21-/m0/s1. The number of aromatic nitrogens is 3. The van der Waals surface area contributed by atoms with Gasteiger partial charge in [-0.25, -0.2) is 19.1 Å². The maximum atomic E-state index is 13.6. The summed E-state index contributed by atoms with van der Waals surface area (Å²) in [5.74, 6) is 0.108. The molecule has 4 aromatic rings.